The molecule has 0 saturated carbocycles. The molecule has 3 rings (SSSR count). The average molecular weight is 589 g/mol. The van der Waals surface area contributed by atoms with Crippen LogP contribution in [0.2, 0.25) is 0 Å². The third-order valence-electron chi connectivity index (χ3n) is 6.22. The molecule has 3 amide bonds. The zero-order valence-corrected chi connectivity index (χ0v) is 22.8. The van der Waals surface area contributed by atoms with Crippen molar-refractivity contribution in [2.24, 2.45) is 4.99 Å². The maximum atomic E-state index is 13.2. The van der Waals surface area contributed by atoms with Gasteiger partial charge in [-0.05, 0) is 44.0 Å². The molecule has 15 nitrogen and oxygen atoms in total. The van der Waals surface area contributed by atoms with Crippen LogP contribution in [0.25, 0.3) is 0 Å². The first-order chi connectivity index (χ1) is 19.9. The number of esters is 1. The molecule has 0 radical (unpaired) electrons. The van der Waals surface area contributed by atoms with Gasteiger partial charge in [-0.2, -0.15) is 0 Å². The smallest absolute Gasteiger partial charge is 0.342 e. The van der Waals surface area contributed by atoms with Crippen LogP contribution < -0.4 is 10.6 Å². The minimum Gasteiger partial charge on any atom is -0.504 e. The number of nitrogens with zero attached hydrogens (tertiary/aromatic N) is 2. The van der Waals surface area contributed by atoms with Crippen molar-refractivity contribution in [3.05, 3.63) is 47.5 Å². The number of phenolic OH excluding ortho intramolecular Hbond substituents is 4. The molecule has 3 unspecified atom stereocenters. The first kappa shape index (κ1) is 31.5. The van der Waals surface area contributed by atoms with Crippen molar-refractivity contribution in [2.45, 2.75) is 44.9 Å². The number of unbranched alkanes of at least 4 members (excludes halogenated alkanes) is 1. The van der Waals surface area contributed by atoms with Crippen LogP contribution in [-0.4, -0.2) is 98.2 Å². The number of amides is 3. The van der Waals surface area contributed by atoms with Crippen molar-refractivity contribution in [1.29, 1.82) is 0 Å². The van der Waals surface area contributed by atoms with Gasteiger partial charge in [0.1, 0.15) is 24.3 Å². The van der Waals surface area contributed by atoms with Crippen molar-refractivity contribution in [1.82, 2.24) is 15.7 Å². The molecule has 1 aliphatic heterocycles. The predicted octanol–water partition coefficient (Wildman–Crippen LogP) is 0.519. The summed E-state index contributed by atoms with van der Waals surface area (Å²) in [4.78, 5) is 54.0. The van der Waals surface area contributed by atoms with Crippen molar-refractivity contribution in [3.8, 4) is 23.0 Å². The Morgan fingerprint density at radius 1 is 1.02 bits per heavy atom. The second kappa shape index (κ2) is 14.0. The molecule has 15 heteroatoms. The molecule has 1 heterocycles. The van der Waals surface area contributed by atoms with Gasteiger partial charge in [0.15, 0.2) is 29.0 Å². The molecule has 3 atom stereocenters. The number of hydrogen-bond donors (Lipinski definition) is 7. The number of rotatable bonds is 12. The number of carbonyl (C=O) groups is 4. The maximum Gasteiger partial charge on any atom is 0.342 e. The van der Waals surface area contributed by atoms with Crippen molar-refractivity contribution < 1.29 is 54.3 Å². The largest absolute Gasteiger partial charge is 0.504 e. The van der Waals surface area contributed by atoms with E-state index in [4.69, 9.17) is 9.47 Å². The average Bonchev–Trinajstić information content (AvgIpc) is 3.34. The van der Waals surface area contributed by atoms with E-state index in [-0.39, 0.29) is 30.1 Å². The van der Waals surface area contributed by atoms with E-state index in [1.165, 1.54) is 44.2 Å². The number of hydrogen-bond acceptors (Lipinski definition) is 12. The highest BCUT2D eigenvalue weighted by Crippen LogP contribution is 2.32. The summed E-state index contributed by atoms with van der Waals surface area (Å²) in [5.41, 5.74) is -0.310. The van der Waals surface area contributed by atoms with Crippen LogP contribution in [0, 0.1) is 0 Å². The SMILES string of the molecule is CC(=O)N(O)CCCCNC(=O)C(COC(=O)c1cccc(O)c1O)NC(=O)C1N=C(c2cccc(O)c2O)OC1C. The van der Waals surface area contributed by atoms with Crippen molar-refractivity contribution in [3.63, 3.8) is 0 Å². The summed E-state index contributed by atoms with van der Waals surface area (Å²) in [6, 6.07) is 5.19. The van der Waals surface area contributed by atoms with Gasteiger partial charge in [-0.3, -0.25) is 19.6 Å². The molecule has 0 saturated heterocycles. The molecule has 42 heavy (non-hydrogen) atoms. The first-order valence-corrected chi connectivity index (χ1v) is 12.9. The zero-order chi connectivity index (χ0) is 31.0. The van der Waals surface area contributed by atoms with E-state index in [0.29, 0.717) is 17.9 Å². The monoisotopic (exact) mass is 588 g/mol. The van der Waals surface area contributed by atoms with Gasteiger partial charge in [-0.1, -0.05) is 12.1 Å². The maximum absolute atomic E-state index is 13.2. The fourth-order valence-electron chi connectivity index (χ4n) is 3.86. The number of hydroxylamine groups is 2. The Hall–Kier alpha value is -5.05. The van der Waals surface area contributed by atoms with Gasteiger partial charge < -0.3 is 40.5 Å². The van der Waals surface area contributed by atoms with Crippen LogP contribution in [0.3, 0.4) is 0 Å². The highest BCUT2D eigenvalue weighted by molar-refractivity contribution is 6.02. The normalized spacial score (nSPS) is 16.5. The van der Waals surface area contributed by atoms with Crippen LogP contribution in [0.4, 0.5) is 0 Å². The lowest BCUT2D eigenvalue weighted by Gasteiger charge is -2.21. The Bertz CT molecular complexity index is 1360. The Labute approximate surface area is 240 Å². The third kappa shape index (κ3) is 7.78. The Kier molecular flexibility index (Phi) is 10.5. The molecular weight excluding hydrogens is 556 g/mol. The summed E-state index contributed by atoms with van der Waals surface area (Å²) in [6.45, 7) is 2.21. The lowest BCUT2D eigenvalue weighted by atomic mass is 10.1. The summed E-state index contributed by atoms with van der Waals surface area (Å²) in [5, 5.41) is 54.5. The van der Waals surface area contributed by atoms with Crippen LogP contribution >= 0.6 is 0 Å². The second-order valence-corrected chi connectivity index (χ2v) is 9.35. The molecule has 0 aliphatic carbocycles. The Morgan fingerprint density at radius 3 is 2.38 bits per heavy atom. The zero-order valence-electron chi connectivity index (χ0n) is 22.8. The second-order valence-electron chi connectivity index (χ2n) is 9.35. The van der Waals surface area contributed by atoms with Crippen molar-refractivity contribution in [2.75, 3.05) is 19.7 Å². The number of benzene rings is 2. The van der Waals surface area contributed by atoms with Gasteiger partial charge in [0.25, 0.3) is 0 Å². The number of nitrogens with one attached hydrogen (secondary N) is 2. The summed E-state index contributed by atoms with van der Waals surface area (Å²) in [7, 11) is 0. The number of carbonyl (C=O) groups excluding carboxylic acids is 4. The van der Waals surface area contributed by atoms with E-state index in [1.54, 1.807) is 0 Å². The Balaban J connectivity index is 1.70. The number of para-hydroxylation sites is 2. The summed E-state index contributed by atoms with van der Waals surface area (Å²) < 4.78 is 10.8. The van der Waals surface area contributed by atoms with E-state index in [1.807, 2.05) is 0 Å². The minimum atomic E-state index is -1.42. The lowest BCUT2D eigenvalue weighted by molar-refractivity contribution is -0.162. The molecule has 7 N–H and O–H groups in total. The number of aromatic hydroxyl groups is 4. The van der Waals surface area contributed by atoms with E-state index < -0.39 is 71.5 Å². The molecule has 0 bridgehead atoms. The van der Waals surface area contributed by atoms with Crippen molar-refractivity contribution >= 4 is 29.6 Å². The highest BCUT2D eigenvalue weighted by Gasteiger charge is 2.37. The fourth-order valence-corrected chi connectivity index (χ4v) is 3.86. The van der Waals surface area contributed by atoms with E-state index in [2.05, 4.69) is 15.6 Å². The van der Waals surface area contributed by atoms with Crippen LogP contribution in [0.5, 0.6) is 23.0 Å². The summed E-state index contributed by atoms with van der Waals surface area (Å²) >= 11 is 0. The Morgan fingerprint density at radius 2 is 1.69 bits per heavy atom. The van der Waals surface area contributed by atoms with Gasteiger partial charge in [-0.15, -0.1) is 0 Å². The molecule has 2 aromatic carbocycles. The van der Waals surface area contributed by atoms with Crippen LogP contribution in [0.1, 0.15) is 42.6 Å². The van der Waals surface area contributed by atoms with Gasteiger partial charge in [0, 0.05) is 20.0 Å². The minimum absolute atomic E-state index is 0.0467. The van der Waals surface area contributed by atoms with Gasteiger partial charge >= 0.3 is 5.97 Å². The molecule has 0 fully saturated rings. The summed E-state index contributed by atoms with van der Waals surface area (Å²) in [6.07, 6.45) is -0.113. The number of phenols is 4. The van der Waals surface area contributed by atoms with Crippen LogP contribution in [0.15, 0.2) is 41.4 Å². The van der Waals surface area contributed by atoms with Crippen LogP contribution in [-0.2, 0) is 23.9 Å². The highest BCUT2D eigenvalue weighted by atomic mass is 16.5. The third-order valence-corrected chi connectivity index (χ3v) is 6.22. The first-order valence-electron chi connectivity index (χ1n) is 12.9. The lowest BCUT2D eigenvalue weighted by Crippen LogP contribution is -2.53. The molecule has 0 aromatic heterocycles. The standard InChI is InChI=1S/C27H32N4O11/c1-14-21(30-26(42-14)16-7-5-9-19(33)22(16)35)25(38)29-18(24(37)28-11-3-4-12-31(40)15(2)32)13-41-27(39)17-8-6-10-20(34)23(17)36/h5-10,14,18,21,33-36,40H,3-4,11-13H2,1-2H3,(H,28,37)(H,29,38). The van der Waals surface area contributed by atoms with E-state index in [9.17, 15) is 44.8 Å². The van der Waals surface area contributed by atoms with Gasteiger partial charge in [-0.25, -0.2) is 14.9 Å². The van der Waals surface area contributed by atoms with Gasteiger partial charge in [0.05, 0.1) is 5.56 Å². The van der Waals surface area contributed by atoms with E-state index >= 15 is 0 Å². The molecule has 2 aromatic rings. The molecule has 1 aliphatic rings. The quantitative estimate of drug-likeness (QED) is 0.0594. The number of aliphatic imine (C=N–C) groups is 1. The van der Waals surface area contributed by atoms with Gasteiger partial charge in [0.2, 0.25) is 23.6 Å². The molecular formula is C27H32N4O11. The molecule has 226 valence electrons. The topological polar surface area (TPSA) is 228 Å². The van der Waals surface area contributed by atoms with E-state index in [0.717, 1.165) is 6.07 Å². The molecule has 0 spiro atoms. The number of ether oxygens (including phenoxy) is 2. The fraction of sp³-hybridized carbons (Fsp3) is 0.370. The summed E-state index contributed by atoms with van der Waals surface area (Å²) in [5.74, 6) is -5.39. The predicted molar refractivity (Wildman–Crippen MR) is 144 cm³/mol.